The van der Waals surface area contributed by atoms with Gasteiger partial charge in [-0.2, -0.15) is 0 Å². The normalized spacial score (nSPS) is 13.1. The van der Waals surface area contributed by atoms with E-state index in [0.717, 1.165) is 10.6 Å². The molecule has 0 radical (unpaired) electrons. The molecule has 0 heterocycles. The van der Waals surface area contributed by atoms with Gasteiger partial charge >= 0.3 is 0 Å². The molecular formula is C8H13NS. The van der Waals surface area contributed by atoms with E-state index in [1.807, 2.05) is 26.1 Å². The molecule has 0 saturated carbocycles. The molecule has 2 heteroatoms. The summed E-state index contributed by atoms with van der Waals surface area (Å²) in [4.78, 5) is 0.981. The first-order valence-corrected chi connectivity index (χ1v) is 3.53. The van der Waals surface area contributed by atoms with Gasteiger partial charge in [0.1, 0.15) is 0 Å². The van der Waals surface area contributed by atoms with Gasteiger partial charge in [-0.3, -0.25) is 0 Å². The molecule has 0 unspecified atom stereocenters. The van der Waals surface area contributed by atoms with Crippen LogP contribution in [0.2, 0.25) is 0 Å². The van der Waals surface area contributed by atoms with Crippen molar-refractivity contribution in [3.8, 4) is 0 Å². The summed E-state index contributed by atoms with van der Waals surface area (Å²) < 4.78 is 0. The van der Waals surface area contributed by atoms with Gasteiger partial charge in [-0.1, -0.05) is 12.7 Å². The minimum atomic E-state index is 0.981. The first-order chi connectivity index (χ1) is 4.70. The topological polar surface area (TPSA) is 12.0 Å². The Morgan fingerprint density at radius 1 is 1.50 bits per heavy atom. The van der Waals surface area contributed by atoms with E-state index in [4.69, 9.17) is 0 Å². The van der Waals surface area contributed by atoms with Gasteiger partial charge in [0.2, 0.25) is 0 Å². The van der Waals surface area contributed by atoms with Gasteiger partial charge in [0, 0.05) is 12.7 Å². The Morgan fingerprint density at radius 3 is 2.40 bits per heavy atom. The lowest BCUT2D eigenvalue weighted by atomic mass is 10.3. The predicted octanol–water partition coefficient (Wildman–Crippen LogP) is 2.11. The van der Waals surface area contributed by atoms with Crippen LogP contribution in [0.1, 0.15) is 6.92 Å². The Bertz CT molecular complexity index is 164. The molecule has 10 heavy (non-hydrogen) atoms. The number of hydrogen-bond donors (Lipinski definition) is 2. The Kier molecular flexibility index (Phi) is 4.85. The number of allylic oxidation sites excluding steroid dienone is 4. The lowest BCUT2D eigenvalue weighted by Gasteiger charge is -1.95. The quantitative estimate of drug-likeness (QED) is 0.470. The van der Waals surface area contributed by atoms with Gasteiger partial charge in [-0.15, -0.1) is 12.6 Å². The molecule has 0 bridgehead atoms. The van der Waals surface area contributed by atoms with Crippen LogP contribution in [0.15, 0.2) is 35.4 Å². The van der Waals surface area contributed by atoms with Crippen molar-refractivity contribution in [2.45, 2.75) is 6.92 Å². The summed E-state index contributed by atoms with van der Waals surface area (Å²) in [6, 6.07) is 0. The molecule has 0 aliphatic heterocycles. The summed E-state index contributed by atoms with van der Waals surface area (Å²) in [5.41, 5.74) is 0.994. The second-order valence-electron chi connectivity index (χ2n) is 1.88. The fraction of sp³-hybridized carbons (Fsp3) is 0.250. The molecule has 0 aromatic carbocycles. The summed E-state index contributed by atoms with van der Waals surface area (Å²) in [5, 5.41) is 2.97. The number of hydrogen-bond acceptors (Lipinski definition) is 2. The molecular weight excluding hydrogens is 142 g/mol. The Balaban J connectivity index is 4.12. The van der Waals surface area contributed by atoms with Crippen LogP contribution in [0.5, 0.6) is 0 Å². The monoisotopic (exact) mass is 155 g/mol. The average Bonchev–Trinajstić information content (AvgIpc) is 1.90. The summed E-state index contributed by atoms with van der Waals surface area (Å²) in [6.45, 7) is 5.55. The zero-order chi connectivity index (χ0) is 7.98. The first-order valence-electron chi connectivity index (χ1n) is 3.08. The van der Waals surface area contributed by atoms with E-state index in [1.165, 1.54) is 0 Å². The zero-order valence-electron chi connectivity index (χ0n) is 6.39. The van der Waals surface area contributed by atoms with Crippen molar-refractivity contribution in [3.05, 3.63) is 35.4 Å². The lowest BCUT2D eigenvalue weighted by Crippen LogP contribution is -2.01. The number of rotatable bonds is 3. The van der Waals surface area contributed by atoms with Gasteiger partial charge in [-0.25, -0.2) is 0 Å². The molecule has 1 nitrogen and oxygen atoms in total. The molecule has 0 rings (SSSR count). The van der Waals surface area contributed by atoms with Crippen LogP contribution in [0.3, 0.4) is 0 Å². The second kappa shape index (κ2) is 5.18. The van der Waals surface area contributed by atoms with Gasteiger partial charge in [0.15, 0.2) is 0 Å². The highest BCUT2D eigenvalue weighted by Crippen LogP contribution is 1.98. The molecule has 0 aromatic heterocycles. The van der Waals surface area contributed by atoms with Gasteiger partial charge < -0.3 is 5.32 Å². The molecule has 0 aliphatic rings. The molecule has 0 amide bonds. The van der Waals surface area contributed by atoms with Crippen LogP contribution in [0.25, 0.3) is 0 Å². The maximum atomic E-state index is 4.10. The van der Waals surface area contributed by atoms with E-state index in [0.29, 0.717) is 0 Å². The van der Waals surface area contributed by atoms with Crippen LogP contribution in [0, 0.1) is 0 Å². The van der Waals surface area contributed by atoms with Crippen molar-refractivity contribution < 1.29 is 0 Å². The fourth-order valence-electron chi connectivity index (χ4n) is 0.464. The summed E-state index contributed by atoms with van der Waals surface area (Å²) >= 11 is 4.10. The van der Waals surface area contributed by atoms with E-state index in [-0.39, 0.29) is 0 Å². The maximum absolute atomic E-state index is 4.10. The molecule has 56 valence electrons. The van der Waals surface area contributed by atoms with Crippen molar-refractivity contribution in [2.75, 3.05) is 7.05 Å². The third-order valence-corrected chi connectivity index (χ3v) is 1.16. The summed E-state index contributed by atoms with van der Waals surface area (Å²) in [5.74, 6) is 0. The first kappa shape index (κ1) is 9.37. The van der Waals surface area contributed by atoms with E-state index in [1.54, 1.807) is 6.08 Å². The second-order valence-corrected chi connectivity index (χ2v) is 2.59. The van der Waals surface area contributed by atoms with Crippen LogP contribution in [-0.4, -0.2) is 7.05 Å². The fourth-order valence-corrected chi connectivity index (χ4v) is 0.538. The van der Waals surface area contributed by atoms with Crippen LogP contribution in [-0.2, 0) is 0 Å². The number of nitrogens with one attached hydrogen (secondary N) is 1. The molecule has 0 saturated heterocycles. The van der Waals surface area contributed by atoms with Gasteiger partial charge in [-0.05, 0) is 24.0 Å². The highest BCUT2D eigenvalue weighted by atomic mass is 32.1. The standard InChI is InChI=1S/C8H13NS/c1-4-8(9-3)6-5-7(2)10/h4-6,9-10H,1H2,2-3H3/b7-5+,8-6+. The van der Waals surface area contributed by atoms with Crippen LogP contribution in [0.4, 0.5) is 0 Å². The van der Waals surface area contributed by atoms with Crippen molar-refractivity contribution >= 4 is 12.6 Å². The van der Waals surface area contributed by atoms with E-state index < -0.39 is 0 Å². The summed E-state index contributed by atoms with van der Waals surface area (Å²) in [6.07, 6.45) is 5.60. The van der Waals surface area contributed by atoms with E-state index in [9.17, 15) is 0 Å². The third-order valence-electron chi connectivity index (χ3n) is 1.01. The van der Waals surface area contributed by atoms with E-state index in [2.05, 4.69) is 24.5 Å². The number of likely N-dealkylation sites (N-methyl/N-ethyl adjacent to an activating group) is 1. The molecule has 0 aliphatic carbocycles. The minimum absolute atomic E-state index is 0.981. The Hall–Kier alpha value is -0.630. The molecule has 0 fully saturated rings. The largest absolute Gasteiger partial charge is 0.388 e. The van der Waals surface area contributed by atoms with Crippen molar-refractivity contribution in [1.29, 1.82) is 0 Å². The Morgan fingerprint density at radius 2 is 2.10 bits per heavy atom. The van der Waals surface area contributed by atoms with Gasteiger partial charge in [0.05, 0.1) is 0 Å². The Labute approximate surface area is 67.9 Å². The van der Waals surface area contributed by atoms with Crippen molar-refractivity contribution in [2.24, 2.45) is 0 Å². The lowest BCUT2D eigenvalue weighted by molar-refractivity contribution is 1.03. The molecule has 0 atom stereocenters. The average molecular weight is 155 g/mol. The maximum Gasteiger partial charge on any atom is 0.0331 e. The van der Waals surface area contributed by atoms with Gasteiger partial charge in [0.25, 0.3) is 0 Å². The highest BCUT2D eigenvalue weighted by Gasteiger charge is 1.80. The van der Waals surface area contributed by atoms with Crippen molar-refractivity contribution in [1.82, 2.24) is 5.32 Å². The smallest absolute Gasteiger partial charge is 0.0331 e. The predicted molar refractivity (Wildman–Crippen MR) is 50.1 cm³/mol. The van der Waals surface area contributed by atoms with Crippen molar-refractivity contribution in [3.63, 3.8) is 0 Å². The number of thiol groups is 1. The third kappa shape index (κ3) is 4.27. The molecule has 1 N–H and O–H groups in total. The summed E-state index contributed by atoms with van der Waals surface area (Å²) in [7, 11) is 1.86. The SMILES string of the molecule is C=C/C(=C\C=C(/C)S)NC. The molecule has 0 spiro atoms. The van der Waals surface area contributed by atoms with Crippen LogP contribution >= 0.6 is 12.6 Å². The zero-order valence-corrected chi connectivity index (χ0v) is 7.28. The van der Waals surface area contributed by atoms with Crippen LogP contribution < -0.4 is 5.32 Å². The minimum Gasteiger partial charge on any atom is -0.388 e. The van der Waals surface area contributed by atoms with E-state index >= 15 is 0 Å². The highest BCUT2D eigenvalue weighted by molar-refractivity contribution is 7.84. The molecule has 0 aromatic rings.